The van der Waals surface area contributed by atoms with Crippen LogP contribution in [0.25, 0.3) is 10.9 Å². The van der Waals surface area contributed by atoms with E-state index < -0.39 is 10.0 Å². The molecule has 1 aliphatic heterocycles. The van der Waals surface area contributed by atoms with Gasteiger partial charge in [-0.1, -0.05) is 23.7 Å². The molecule has 1 saturated heterocycles. The molecule has 148 valence electrons. The summed E-state index contributed by atoms with van der Waals surface area (Å²) in [6, 6.07) is 12.7. The number of benzene rings is 2. The zero-order valence-corrected chi connectivity index (χ0v) is 17.6. The van der Waals surface area contributed by atoms with Crippen molar-refractivity contribution >= 4 is 38.2 Å². The average Bonchev–Trinajstić information content (AvgIpc) is 3.09. The highest BCUT2D eigenvalue weighted by molar-refractivity contribution is 7.90. The summed E-state index contributed by atoms with van der Waals surface area (Å²) in [7, 11) is -1.59. The molecule has 0 atom stereocenters. The first-order chi connectivity index (χ1) is 13.3. The zero-order chi connectivity index (χ0) is 19.9. The Morgan fingerprint density at radius 3 is 2.57 bits per heavy atom. The van der Waals surface area contributed by atoms with E-state index in [-0.39, 0.29) is 4.90 Å². The van der Waals surface area contributed by atoms with Crippen LogP contribution in [0.4, 0.5) is 5.69 Å². The summed E-state index contributed by atoms with van der Waals surface area (Å²) in [4.78, 5) is 2.58. The van der Waals surface area contributed by atoms with Crippen molar-refractivity contribution in [2.75, 3.05) is 25.5 Å². The van der Waals surface area contributed by atoms with Crippen LogP contribution in [-0.4, -0.2) is 43.5 Å². The van der Waals surface area contributed by atoms with Crippen LogP contribution in [0, 0.1) is 6.92 Å². The summed E-state index contributed by atoms with van der Waals surface area (Å²) in [6.45, 7) is 4.09. The lowest BCUT2D eigenvalue weighted by Gasteiger charge is -2.30. The number of piperidine rings is 1. The smallest absolute Gasteiger partial charge is 0.268 e. The second-order valence-corrected chi connectivity index (χ2v) is 9.77. The Hall–Kier alpha value is -2.02. The average molecular weight is 418 g/mol. The molecule has 0 radical (unpaired) electrons. The van der Waals surface area contributed by atoms with Gasteiger partial charge in [-0.3, -0.25) is 0 Å². The number of aromatic nitrogens is 1. The first-order valence-electron chi connectivity index (χ1n) is 9.42. The van der Waals surface area contributed by atoms with Gasteiger partial charge in [0.25, 0.3) is 10.0 Å². The minimum absolute atomic E-state index is 0.269. The van der Waals surface area contributed by atoms with Crippen LogP contribution in [0.2, 0.25) is 5.02 Å². The maximum Gasteiger partial charge on any atom is 0.268 e. The second kappa shape index (κ2) is 7.43. The highest BCUT2D eigenvalue weighted by Crippen LogP contribution is 2.28. The van der Waals surface area contributed by atoms with Gasteiger partial charge in [0.1, 0.15) is 0 Å². The standard InChI is InChI=1S/C21H24ClN3O2S/c1-15-3-6-19(14-20(15)23-18-8-10-24(2)11-9-18)28(26,27)25-12-7-16-4-5-17(22)13-21(16)25/h3-7,12-14,18,23H,8-11H2,1-2H3. The molecule has 0 unspecified atom stereocenters. The Morgan fingerprint density at radius 1 is 1.07 bits per heavy atom. The topological polar surface area (TPSA) is 54.3 Å². The minimum Gasteiger partial charge on any atom is -0.382 e. The van der Waals surface area contributed by atoms with Crippen LogP contribution in [0.5, 0.6) is 0 Å². The summed E-state index contributed by atoms with van der Waals surface area (Å²) >= 11 is 6.09. The van der Waals surface area contributed by atoms with Gasteiger partial charge in [-0.2, -0.15) is 0 Å². The molecule has 2 aromatic carbocycles. The molecule has 1 N–H and O–H groups in total. The molecule has 0 aliphatic carbocycles. The Labute approximate surface area is 171 Å². The van der Waals surface area contributed by atoms with Crippen molar-refractivity contribution in [1.82, 2.24) is 8.87 Å². The van der Waals surface area contributed by atoms with E-state index in [9.17, 15) is 8.42 Å². The van der Waals surface area contributed by atoms with E-state index in [0.29, 0.717) is 16.6 Å². The Kier molecular flexibility index (Phi) is 5.12. The van der Waals surface area contributed by atoms with Gasteiger partial charge in [0.15, 0.2) is 0 Å². The molecule has 0 amide bonds. The fraction of sp³-hybridized carbons (Fsp3) is 0.333. The molecule has 2 heterocycles. The number of fused-ring (bicyclic) bond motifs is 1. The third-order valence-electron chi connectivity index (χ3n) is 5.46. The molecule has 1 aliphatic rings. The van der Waals surface area contributed by atoms with Crippen LogP contribution in [-0.2, 0) is 10.0 Å². The molecular weight excluding hydrogens is 394 g/mol. The molecule has 1 aromatic heterocycles. The van der Waals surface area contributed by atoms with Crippen LogP contribution < -0.4 is 5.32 Å². The van der Waals surface area contributed by atoms with E-state index in [2.05, 4.69) is 17.3 Å². The van der Waals surface area contributed by atoms with E-state index in [1.54, 1.807) is 36.5 Å². The largest absolute Gasteiger partial charge is 0.382 e. The predicted octanol–water partition coefficient (Wildman–Crippen LogP) is 4.35. The fourth-order valence-corrected chi connectivity index (χ4v) is 5.23. The number of anilines is 1. The van der Waals surface area contributed by atoms with E-state index in [0.717, 1.165) is 42.6 Å². The summed E-state index contributed by atoms with van der Waals surface area (Å²) in [5, 5.41) is 4.90. The van der Waals surface area contributed by atoms with Crippen molar-refractivity contribution in [3.63, 3.8) is 0 Å². The lowest BCUT2D eigenvalue weighted by atomic mass is 10.0. The predicted molar refractivity (Wildman–Crippen MR) is 115 cm³/mol. The van der Waals surface area contributed by atoms with E-state index in [1.807, 2.05) is 19.1 Å². The third kappa shape index (κ3) is 3.64. The number of hydrogen-bond donors (Lipinski definition) is 1. The van der Waals surface area contributed by atoms with Gasteiger partial charge in [-0.05, 0) is 75.8 Å². The number of nitrogens with zero attached hydrogens (tertiary/aromatic N) is 2. The molecule has 0 bridgehead atoms. The summed E-state index contributed by atoms with van der Waals surface area (Å²) in [5.41, 5.74) is 2.50. The maximum absolute atomic E-state index is 13.3. The van der Waals surface area contributed by atoms with E-state index >= 15 is 0 Å². The van der Waals surface area contributed by atoms with E-state index in [4.69, 9.17) is 11.6 Å². The molecular formula is C21H24ClN3O2S. The van der Waals surface area contributed by atoms with Crippen molar-refractivity contribution in [2.45, 2.75) is 30.7 Å². The molecule has 28 heavy (non-hydrogen) atoms. The summed E-state index contributed by atoms with van der Waals surface area (Å²) < 4.78 is 27.9. The van der Waals surface area contributed by atoms with Gasteiger partial charge in [0.2, 0.25) is 0 Å². The number of hydrogen-bond acceptors (Lipinski definition) is 4. The zero-order valence-electron chi connectivity index (χ0n) is 16.0. The fourth-order valence-electron chi connectivity index (χ4n) is 3.69. The van der Waals surface area contributed by atoms with Gasteiger partial charge in [-0.15, -0.1) is 0 Å². The van der Waals surface area contributed by atoms with E-state index in [1.165, 1.54) is 3.97 Å². The second-order valence-electron chi connectivity index (χ2n) is 7.52. The van der Waals surface area contributed by atoms with Crippen LogP contribution in [0.15, 0.2) is 53.6 Å². The van der Waals surface area contributed by atoms with Crippen molar-refractivity contribution < 1.29 is 8.42 Å². The van der Waals surface area contributed by atoms with Crippen LogP contribution in [0.3, 0.4) is 0 Å². The molecule has 0 spiro atoms. The van der Waals surface area contributed by atoms with Crippen LogP contribution in [0.1, 0.15) is 18.4 Å². The number of halogens is 1. The first-order valence-corrected chi connectivity index (χ1v) is 11.2. The van der Waals surface area contributed by atoms with Gasteiger partial charge < -0.3 is 10.2 Å². The van der Waals surface area contributed by atoms with Crippen molar-refractivity contribution in [3.8, 4) is 0 Å². The quantitative estimate of drug-likeness (QED) is 0.685. The lowest BCUT2D eigenvalue weighted by molar-refractivity contribution is 0.264. The molecule has 4 rings (SSSR count). The minimum atomic E-state index is -3.72. The van der Waals surface area contributed by atoms with Gasteiger partial charge >= 0.3 is 0 Å². The van der Waals surface area contributed by atoms with Gasteiger partial charge in [0.05, 0.1) is 10.4 Å². The summed E-state index contributed by atoms with van der Waals surface area (Å²) in [6.07, 6.45) is 3.68. The lowest BCUT2D eigenvalue weighted by Crippen LogP contribution is -2.36. The van der Waals surface area contributed by atoms with Crippen molar-refractivity contribution in [2.24, 2.45) is 0 Å². The molecule has 7 heteroatoms. The Bertz CT molecular complexity index is 1120. The van der Waals surface area contributed by atoms with Gasteiger partial charge in [-0.25, -0.2) is 12.4 Å². The number of likely N-dealkylation sites (tertiary alicyclic amines) is 1. The third-order valence-corrected chi connectivity index (χ3v) is 7.38. The first kappa shape index (κ1) is 19.3. The number of aryl methyl sites for hydroxylation is 1. The monoisotopic (exact) mass is 417 g/mol. The molecule has 1 fully saturated rings. The highest BCUT2D eigenvalue weighted by atomic mass is 35.5. The molecule has 0 saturated carbocycles. The Morgan fingerprint density at radius 2 is 1.82 bits per heavy atom. The molecule has 3 aromatic rings. The van der Waals surface area contributed by atoms with Crippen molar-refractivity contribution in [3.05, 3.63) is 59.2 Å². The SMILES string of the molecule is Cc1ccc(S(=O)(=O)n2ccc3ccc(Cl)cc32)cc1NC1CCN(C)CC1. The van der Waals surface area contributed by atoms with Crippen molar-refractivity contribution in [1.29, 1.82) is 0 Å². The summed E-state index contributed by atoms with van der Waals surface area (Å²) in [5.74, 6) is 0. The Balaban J connectivity index is 1.69. The number of rotatable bonds is 4. The highest BCUT2D eigenvalue weighted by Gasteiger charge is 2.22. The van der Waals surface area contributed by atoms with Gasteiger partial charge in [0, 0.05) is 28.3 Å². The normalized spacial score (nSPS) is 16.5. The molecule has 5 nitrogen and oxygen atoms in total. The number of nitrogens with one attached hydrogen (secondary N) is 1. The van der Waals surface area contributed by atoms with Crippen LogP contribution >= 0.6 is 11.6 Å². The maximum atomic E-state index is 13.3.